The molecule has 1 fully saturated rings. The lowest BCUT2D eigenvalue weighted by Crippen LogP contribution is -2.04. The normalized spacial score (nSPS) is 26.0. The molecule has 1 nitrogen and oxygen atoms in total. The molecule has 1 aliphatic rings. The zero-order chi connectivity index (χ0) is 9.26. The molecular weight excluding hydrogens is 233 g/mol. The minimum atomic E-state index is -0.0947. The summed E-state index contributed by atoms with van der Waals surface area (Å²) >= 11 is 3.41. The van der Waals surface area contributed by atoms with E-state index in [2.05, 4.69) is 20.8 Å². The highest BCUT2D eigenvalue weighted by atomic mass is 79.9. The van der Waals surface area contributed by atoms with E-state index in [4.69, 9.17) is 0 Å². The van der Waals surface area contributed by atoms with Crippen LogP contribution in [0.25, 0.3) is 0 Å². The molecule has 13 heavy (non-hydrogen) atoms. The average Bonchev–Trinajstić information content (AvgIpc) is 2.88. The van der Waals surface area contributed by atoms with Gasteiger partial charge in [0.2, 0.25) is 0 Å². The maximum absolute atomic E-state index is 13.2. The van der Waals surface area contributed by atoms with E-state index >= 15 is 0 Å². The molecule has 1 aliphatic heterocycles. The summed E-state index contributed by atoms with van der Waals surface area (Å²) in [6.07, 6.45) is 0. The van der Waals surface area contributed by atoms with E-state index in [1.165, 1.54) is 6.07 Å². The Labute approximate surface area is 85.7 Å². The van der Waals surface area contributed by atoms with E-state index in [1.54, 1.807) is 6.07 Å². The largest absolute Gasteiger partial charge is 0.292 e. The molecule has 3 heteroatoms. The molecule has 2 rings (SSSR count). The molecule has 0 N–H and O–H groups in total. The summed E-state index contributed by atoms with van der Waals surface area (Å²) < 4.78 is 13.2. The number of benzene rings is 1. The molecule has 1 aromatic rings. The van der Waals surface area contributed by atoms with Crippen LogP contribution in [-0.2, 0) is 6.54 Å². The summed E-state index contributed by atoms with van der Waals surface area (Å²) in [6.45, 7) is 1.82. The van der Waals surface area contributed by atoms with Crippen molar-refractivity contribution in [2.75, 3.05) is 11.9 Å². The van der Waals surface area contributed by atoms with Crippen molar-refractivity contribution in [2.45, 2.75) is 12.6 Å². The van der Waals surface area contributed by atoms with Crippen molar-refractivity contribution in [2.24, 2.45) is 0 Å². The minimum absolute atomic E-state index is 0.0947. The van der Waals surface area contributed by atoms with Gasteiger partial charge in [0, 0.05) is 30.0 Å². The van der Waals surface area contributed by atoms with Crippen molar-refractivity contribution in [3.63, 3.8) is 0 Å². The van der Waals surface area contributed by atoms with Crippen molar-refractivity contribution >= 4 is 15.9 Å². The summed E-state index contributed by atoms with van der Waals surface area (Å²) in [5, 5.41) is 0.988. The molecule has 0 saturated carbocycles. The van der Waals surface area contributed by atoms with Gasteiger partial charge in [-0.2, -0.15) is 0 Å². The third-order valence-corrected chi connectivity index (χ3v) is 3.08. The van der Waals surface area contributed by atoms with Gasteiger partial charge in [-0.15, -0.1) is 0 Å². The highest BCUT2D eigenvalue weighted by Crippen LogP contribution is 2.23. The lowest BCUT2D eigenvalue weighted by atomic mass is 10.2. The average molecular weight is 244 g/mol. The predicted molar refractivity (Wildman–Crippen MR) is 54.4 cm³/mol. The van der Waals surface area contributed by atoms with Crippen LogP contribution in [0.5, 0.6) is 0 Å². The zero-order valence-electron chi connectivity index (χ0n) is 7.21. The first kappa shape index (κ1) is 9.16. The van der Waals surface area contributed by atoms with Crippen molar-refractivity contribution in [1.82, 2.24) is 4.90 Å². The Morgan fingerprint density at radius 1 is 1.46 bits per heavy atom. The molecule has 0 bridgehead atoms. The van der Waals surface area contributed by atoms with E-state index in [0.717, 1.165) is 24.0 Å². The van der Waals surface area contributed by atoms with Crippen LogP contribution in [0.2, 0.25) is 0 Å². The first-order chi connectivity index (χ1) is 6.31. The fourth-order valence-corrected chi connectivity index (χ4v) is 2.02. The third-order valence-electron chi connectivity index (χ3n) is 2.34. The van der Waals surface area contributed by atoms with Gasteiger partial charge in [-0.3, -0.25) is 4.90 Å². The van der Waals surface area contributed by atoms with Gasteiger partial charge in [-0.25, -0.2) is 4.39 Å². The van der Waals surface area contributed by atoms with E-state index in [-0.39, 0.29) is 5.82 Å². The molecule has 0 spiro atoms. The second kappa shape index (κ2) is 3.76. The Balaban J connectivity index is 1.99. The quantitative estimate of drug-likeness (QED) is 0.582. The Bertz CT molecular complexity index is 303. The summed E-state index contributed by atoms with van der Waals surface area (Å²) in [5.74, 6) is -0.0947. The first-order valence-corrected chi connectivity index (χ1v) is 5.47. The fourth-order valence-electron chi connectivity index (χ4n) is 1.41. The topological polar surface area (TPSA) is 3.01 Å². The number of hydrogen-bond acceptors (Lipinski definition) is 1. The van der Waals surface area contributed by atoms with Crippen molar-refractivity contribution in [3.8, 4) is 0 Å². The summed E-state index contributed by atoms with van der Waals surface area (Å²) in [7, 11) is 0. The van der Waals surface area contributed by atoms with E-state index < -0.39 is 0 Å². The van der Waals surface area contributed by atoms with Crippen molar-refractivity contribution in [3.05, 3.63) is 35.6 Å². The highest BCUT2D eigenvalue weighted by molar-refractivity contribution is 9.09. The molecule has 0 amide bonds. The lowest BCUT2D eigenvalue weighted by molar-refractivity contribution is 0.494. The predicted octanol–water partition coefficient (Wildman–Crippen LogP) is 2.40. The Kier molecular flexibility index (Phi) is 2.65. The fraction of sp³-hybridized carbons (Fsp3) is 0.400. The van der Waals surface area contributed by atoms with Crippen molar-refractivity contribution < 1.29 is 4.39 Å². The molecular formula is C10H11BrFN. The van der Waals surface area contributed by atoms with Crippen LogP contribution in [0.15, 0.2) is 24.3 Å². The van der Waals surface area contributed by atoms with Crippen LogP contribution in [0.4, 0.5) is 4.39 Å². The first-order valence-electron chi connectivity index (χ1n) is 4.34. The Hall–Kier alpha value is -0.410. The molecule has 70 valence electrons. The molecule has 2 atom stereocenters. The van der Waals surface area contributed by atoms with Crippen LogP contribution in [0.3, 0.4) is 0 Å². The van der Waals surface area contributed by atoms with Gasteiger partial charge in [0.25, 0.3) is 0 Å². The molecule has 0 aliphatic carbocycles. The minimum Gasteiger partial charge on any atom is -0.292 e. The monoisotopic (exact) mass is 243 g/mol. The number of halogens is 2. The van der Waals surface area contributed by atoms with E-state index in [9.17, 15) is 4.39 Å². The van der Waals surface area contributed by atoms with Gasteiger partial charge >= 0.3 is 0 Å². The number of hydrogen-bond donors (Lipinski definition) is 0. The SMILES string of the molecule is Fc1ccccc1CN1C[C@@H]1CBr. The second-order valence-corrected chi connectivity index (χ2v) is 3.98. The lowest BCUT2D eigenvalue weighted by Gasteiger charge is -2.03. The van der Waals surface area contributed by atoms with Gasteiger partial charge in [0.05, 0.1) is 0 Å². The number of rotatable bonds is 3. The molecule has 1 unspecified atom stereocenters. The molecule has 1 heterocycles. The third kappa shape index (κ3) is 2.09. The van der Waals surface area contributed by atoms with E-state index in [0.29, 0.717) is 6.04 Å². The maximum atomic E-state index is 13.2. The van der Waals surface area contributed by atoms with Crippen LogP contribution in [-0.4, -0.2) is 22.8 Å². The number of alkyl halides is 1. The van der Waals surface area contributed by atoms with Crippen LogP contribution >= 0.6 is 15.9 Å². The molecule has 1 aromatic carbocycles. The highest BCUT2D eigenvalue weighted by Gasteiger charge is 2.32. The Morgan fingerprint density at radius 3 is 2.85 bits per heavy atom. The standard InChI is InChI=1S/C10H11BrFN/c11-5-9-7-13(9)6-8-3-1-2-4-10(8)12/h1-4,9H,5-7H2/t9-,13?/m0/s1. The van der Waals surface area contributed by atoms with Crippen LogP contribution < -0.4 is 0 Å². The van der Waals surface area contributed by atoms with Crippen LogP contribution in [0, 0.1) is 5.82 Å². The van der Waals surface area contributed by atoms with Gasteiger partial charge in [0.1, 0.15) is 5.82 Å². The number of nitrogens with zero attached hydrogens (tertiary/aromatic N) is 1. The van der Waals surface area contributed by atoms with Gasteiger partial charge < -0.3 is 0 Å². The molecule has 0 radical (unpaired) electrons. The maximum Gasteiger partial charge on any atom is 0.127 e. The van der Waals surface area contributed by atoms with E-state index in [1.807, 2.05) is 12.1 Å². The van der Waals surface area contributed by atoms with Gasteiger partial charge in [-0.1, -0.05) is 34.1 Å². The zero-order valence-corrected chi connectivity index (χ0v) is 8.80. The summed E-state index contributed by atoms with van der Waals surface area (Å²) in [5.41, 5.74) is 0.797. The van der Waals surface area contributed by atoms with Crippen molar-refractivity contribution in [1.29, 1.82) is 0 Å². The molecule has 1 saturated heterocycles. The second-order valence-electron chi connectivity index (χ2n) is 3.33. The molecule has 0 aromatic heterocycles. The van der Waals surface area contributed by atoms with Crippen LogP contribution in [0.1, 0.15) is 5.56 Å². The summed E-state index contributed by atoms with van der Waals surface area (Å²) in [4.78, 5) is 2.24. The van der Waals surface area contributed by atoms with Gasteiger partial charge in [-0.05, 0) is 6.07 Å². The Morgan fingerprint density at radius 2 is 2.23 bits per heavy atom. The smallest absolute Gasteiger partial charge is 0.127 e. The summed E-state index contributed by atoms with van der Waals surface area (Å²) in [6, 6.07) is 7.58. The van der Waals surface area contributed by atoms with Gasteiger partial charge in [0.15, 0.2) is 0 Å².